The maximum absolute atomic E-state index is 4.63. The van der Waals surface area contributed by atoms with Crippen LogP contribution in [-0.4, -0.2) is 22.9 Å². The second-order valence-corrected chi connectivity index (χ2v) is 4.96. The molecule has 1 aromatic heterocycles. The Hall–Kier alpha value is -1.61. The number of allylic oxidation sites excluding steroid dienone is 1. The van der Waals surface area contributed by atoms with Crippen LogP contribution in [0.4, 0.5) is 0 Å². The molecule has 2 rings (SSSR count). The number of para-hydroxylation sites is 1. The Morgan fingerprint density at radius 1 is 1.37 bits per heavy atom. The van der Waals surface area contributed by atoms with Gasteiger partial charge in [0, 0.05) is 18.9 Å². The van der Waals surface area contributed by atoms with E-state index in [2.05, 4.69) is 54.6 Å². The summed E-state index contributed by atoms with van der Waals surface area (Å²) >= 11 is 0. The standard InChI is InChI=1S/C16H23N3/c1-4-17-11-7-8-13(2)12-15-14-9-5-6-10-16(14)19(3)18-15/h5-6,8-10,17H,4,7,11-12H2,1-3H3. The summed E-state index contributed by atoms with van der Waals surface area (Å²) in [7, 11) is 2.01. The molecule has 0 unspecified atom stereocenters. The molecule has 0 spiro atoms. The number of hydrogen-bond acceptors (Lipinski definition) is 2. The number of fused-ring (bicyclic) bond motifs is 1. The molecule has 3 heteroatoms. The number of aryl methyl sites for hydroxylation is 1. The zero-order valence-electron chi connectivity index (χ0n) is 12.1. The molecule has 102 valence electrons. The van der Waals surface area contributed by atoms with Crippen molar-refractivity contribution in [2.75, 3.05) is 13.1 Å². The monoisotopic (exact) mass is 257 g/mol. The Morgan fingerprint density at radius 2 is 2.16 bits per heavy atom. The molecule has 0 atom stereocenters. The van der Waals surface area contributed by atoms with Crippen LogP contribution < -0.4 is 5.32 Å². The van der Waals surface area contributed by atoms with E-state index in [-0.39, 0.29) is 0 Å². The van der Waals surface area contributed by atoms with E-state index in [0.29, 0.717) is 0 Å². The molecule has 19 heavy (non-hydrogen) atoms. The second kappa shape index (κ2) is 6.53. The van der Waals surface area contributed by atoms with Crippen molar-refractivity contribution in [3.63, 3.8) is 0 Å². The lowest BCUT2D eigenvalue weighted by molar-refractivity contribution is 0.723. The maximum Gasteiger partial charge on any atom is 0.0743 e. The van der Waals surface area contributed by atoms with Crippen molar-refractivity contribution in [3.8, 4) is 0 Å². The molecular formula is C16H23N3. The van der Waals surface area contributed by atoms with Crippen molar-refractivity contribution < 1.29 is 0 Å². The average Bonchev–Trinajstić information content (AvgIpc) is 2.72. The molecule has 1 aromatic carbocycles. The van der Waals surface area contributed by atoms with E-state index in [1.807, 2.05) is 11.7 Å². The van der Waals surface area contributed by atoms with E-state index in [0.717, 1.165) is 25.9 Å². The Kier molecular flexibility index (Phi) is 4.74. The van der Waals surface area contributed by atoms with E-state index >= 15 is 0 Å². The molecule has 0 aliphatic heterocycles. The van der Waals surface area contributed by atoms with Gasteiger partial charge in [0.1, 0.15) is 0 Å². The zero-order valence-corrected chi connectivity index (χ0v) is 12.1. The highest BCUT2D eigenvalue weighted by atomic mass is 15.3. The van der Waals surface area contributed by atoms with Crippen molar-refractivity contribution in [3.05, 3.63) is 41.6 Å². The van der Waals surface area contributed by atoms with Gasteiger partial charge in [-0.3, -0.25) is 4.68 Å². The van der Waals surface area contributed by atoms with Gasteiger partial charge in [0.2, 0.25) is 0 Å². The van der Waals surface area contributed by atoms with Crippen LogP contribution >= 0.6 is 0 Å². The minimum atomic E-state index is 0.938. The molecule has 0 bridgehead atoms. The van der Waals surface area contributed by atoms with Gasteiger partial charge in [-0.25, -0.2) is 0 Å². The first kappa shape index (κ1) is 13.8. The summed E-state index contributed by atoms with van der Waals surface area (Å²) in [5.41, 5.74) is 3.77. The largest absolute Gasteiger partial charge is 0.317 e. The smallest absolute Gasteiger partial charge is 0.0743 e. The van der Waals surface area contributed by atoms with Gasteiger partial charge in [0.05, 0.1) is 11.2 Å². The Labute approximate surface area is 115 Å². The Bertz CT molecular complexity index is 566. The van der Waals surface area contributed by atoms with Crippen LogP contribution in [0.1, 0.15) is 26.0 Å². The lowest BCUT2D eigenvalue weighted by Gasteiger charge is -2.01. The minimum absolute atomic E-state index is 0.938. The van der Waals surface area contributed by atoms with E-state index < -0.39 is 0 Å². The molecule has 0 aliphatic rings. The number of nitrogens with one attached hydrogen (secondary N) is 1. The fourth-order valence-electron chi connectivity index (χ4n) is 2.35. The van der Waals surface area contributed by atoms with Gasteiger partial charge in [-0.05, 0) is 32.5 Å². The van der Waals surface area contributed by atoms with Crippen LogP contribution in [0.3, 0.4) is 0 Å². The first-order valence-electron chi connectivity index (χ1n) is 6.99. The molecule has 3 nitrogen and oxygen atoms in total. The first-order valence-corrected chi connectivity index (χ1v) is 6.99. The van der Waals surface area contributed by atoms with Crippen LogP contribution in [0.2, 0.25) is 0 Å². The molecule has 0 saturated carbocycles. The predicted molar refractivity (Wildman–Crippen MR) is 81.3 cm³/mol. The number of rotatable bonds is 6. The van der Waals surface area contributed by atoms with Gasteiger partial charge < -0.3 is 5.32 Å². The van der Waals surface area contributed by atoms with Crippen LogP contribution in [0.5, 0.6) is 0 Å². The molecule has 1 N–H and O–H groups in total. The van der Waals surface area contributed by atoms with Crippen LogP contribution in [0.25, 0.3) is 10.9 Å². The summed E-state index contributed by atoms with van der Waals surface area (Å²) in [6.07, 6.45) is 4.34. The third-order valence-corrected chi connectivity index (χ3v) is 3.34. The predicted octanol–water partition coefficient (Wildman–Crippen LogP) is 3.06. The van der Waals surface area contributed by atoms with Crippen LogP contribution in [0.15, 0.2) is 35.9 Å². The van der Waals surface area contributed by atoms with Crippen LogP contribution in [-0.2, 0) is 13.5 Å². The van der Waals surface area contributed by atoms with Crippen LogP contribution in [0, 0.1) is 0 Å². The Balaban J connectivity index is 2.09. The van der Waals surface area contributed by atoms with Gasteiger partial charge in [-0.1, -0.05) is 36.8 Å². The zero-order chi connectivity index (χ0) is 13.7. The normalized spacial score (nSPS) is 12.3. The summed E-state index contributed by atoms with van der Waals surface area (Å²) in [5, 5.41) is 9.24. The molecule has 0 radical (unpaired) electrons. The number of benzene rings is 1. The summed E-state index contributed by atoms with van der Waals surface area (Å²) in [6, 6.07) is 8.42. The molecule has 0 amide bonds. The first-order chi connectivity index (χ1) is 9.22. The van der Waals surface area contributed by atoms with E-state index in [1.165, 1.54) is 22.2 Å². The van der Waals surface area contributed by atoms with E-state index in [9.17, 15) is 0 Å². The lowest BCUT2D eigenvalue weighted by Crippen LogP contribution is -2.13. The summed E-state index contributed by atoms with van der Waals surface area (Å²) in [4.78, 5) is 0. The maximum atomic E-state index is 4.63. The summed E-state index contributed by atoms with van der Waals surface area (Å²) < 4.78 is 1.97. The number of hydrogen-bond donors (Lipinski definition) is 1. The van der Waals surface area contributed by atoms with E-state index in [1.54, 1.807) is 0 Å². The third kappa shape index (κ3) is 3.44. The molecule has 0 saturated heterocycles. The SMILES string of the molecule is CCNCCC=C(C)Cc1nn(C)c2ccccc12. The van der Waals surface area contributed by atoms with Gasteiger partial charge in [-0.15, -0.1) is 0 Å². The topological polar surface area (TPSA) is 29.9 Å². The lowest BCUT2D eigenvalue weighted by atomic mass is 10.1. The van der Waals surface area contributed by atoms with Crippen molar-refractivity contribution in [2.24, 2.45) is 7.05 Å². The highest BCUT2D eigenvalue weighted by Gasteiger charge is 2.07. The molecule has 0 fully saturated rings. The number of nitrogens with zero attached hydrogens (tertiary/aromatic N) is 2. The van der Waals surface area contributed by atoms with Gasteiger partial charge in [-0.2, -0.15) is 5.10 Å². The highest BCUT2D eigenvalue weighted by Crippen LogP contribution is 2.19. The molecule has 2 aromatic rings. The average molecular weight is 257 g/mol. The quantitative estimate of drug-likeness (QED) is 0.636. The number of aromatic nitrogens is 2. The van der Waals surface area contributed by atoms with Crippen molar-refractivity contribution in [1.29, 1.82) is 0 Å². The van der Waals surface area contributed by atoms with Gasteiger partial charge in [0.15, 0.2) is 0 Å². The van der Waals surface area contributed by atoms with Crippen molar-refractivity contribution in [2.45, 2.75) is 26.7 Å². The van der Waals surface area contributed by atoms with Crippen molar-refractivity contribution in [1.82, 2.24) is 15.1 Å². The van der Waals surface area contributed by atoms with E-state index in [4.69, 9.17) is 0 Å². The van der Waals surface area contributed by atoms with Gasteiger partial charge >= 0.3 is 0 Å². The fourth-order valence-corrected chi connectivity index (χ4v) is 2.35. The fraction of sp³-hybridized carbons (Fsp3) is 0.438. The van der Waals surface area contributed by atoms with Gasteiger partial charge in [0.25, 0.3) is 0 Å². The molecule has 1 heterocycles. The minimum Gasteiger partial charge on any atom is -0.317 e. The summed E-state index contributed by atoms with van der Waals surface area (Å²) in [5.74, 6) is 0. The van der Waals surface area contributed by atoms with Crippen molar-refractivity contribution >= 4 is 10.9 Å². The highest BCUT2D eigenvalue weighted by molar-refractivity contribution is 5.82. The Morgan fingerprint density at radius 3 is 2.95 bits per heavy atom. The molecular weight excluding hydrogens is 234 g/mol. The second-order valence-electron chi connectivity index (χ2n) is 4.96. The third-order valence-electron chi connectivity index (χ3n) is 3.34. The molecule has 0 aliphatic carbocycles. The summed E-state index contributed by atoms with van der Waals surface area (Å²) in [6.45, 7) is 6.42.